The smallest absolute Gasteiger partial charge is 0.179 e. The van der Waals surface area contributed by atoms with Gasteiger partial charge in [-0.05, 0) is 66.9 Å². The number of methoxy groups -OCH3 is 1. The number of anilines is 2. The Hall–Kier alpha value is -4.69. The quantitative estimate of drug-likeness (QED) is 0.278. The monoisotopic (exact) mass is 516 g/mol. The molecule has 2 aliphatic heterocycles. The van der Waals surface area contributed by atoms with Gasteiger partial charge in [0.2, 0.25) is 0 Å². The van der Waals surface area contributed by atoms with Crippen LogP contribution in [0.2, 0.25) is 0 Å². The van der Waals surface area contributed by atoms with Crippen molar-refractivity contribution in [3.8, 4) is 11.4 Å². The van der Waals surface area contributed by atoms with E-state index in [4.69, 9.17) is 19.8 Å². The Balaban J connectivity index is 1.46. The second kappa shape index (κ2) is 9.00. The summed E-state index contributed by atoms with van der Waals surface area (Å²) in [6, 6.07) is 30.4. The van der Waals surface area contributed by atoms with Crippen molar-refractivity contribution in [3.05, 3.63) is 113 Å². The number of thiophene rings is 1. The minimum atomic E-state index is -0.0979. The maximum absolute atomic E-state index is 5.34. The molecule has 0 amide bonds. The van der Waals surface area contributed by atoms with Crippen LogP contribution in [0.5, 0.6) is 5.75 Å². The van der Waals surface area contributed by atoms with Crippen LogP contribution in [0.15, 0.2) is 106 Å². The lowest BCUT2D eigenvalue weighted by Gasteiger charge is -2.40. The van der Waals surface area contributed by atoms with Crippen molar-refractivity contribution in [3.63, 3.8) is 0 Å². The van der Waals surface area contributed by atoms with Gasteiger partial charge in [-0.15, -0.1) is 11.3 Å². The van der Waals surface area contributed by atoms with Crippen LogP contribution in [0, 0.1) is 6.92 Å². The number of rotatable bonds is 4. The molecule has 0 radical (unpaired) electrons. The lowest BCUT2D eigenvalue weighted by molar-refractivity contribution is 0.415. The Morgan fingerprint density at radius 1 is 0.868 bits per heavy atom. The number of amidine groups is 2. The maximum Gasteiger partial charge on any atom is 0.179 e. The van der Waals surface area contributed by atoms with Gasteiger partial charge in [-0.1, -0.05) is 36.4 Å². The highest BCUT2D eigenvalue weighted by molar-refractivity contribution is 7.10. The predicted octanol–water partition coefficient (Wildman–Crippen LogP) is 7.05. The molecule has 2 aromatic heterocycles. The lowest BCUT2D eigenvalue weighted by Crippen LogP contribution is -2.46. The van der Waals surface area contributed by atoms with Gasteiger partial charge in [0, 0.05) is 16.1 Å². The molecule has 0 saturated heterocycles. The summed E-state index contributed by atoms with van der Waals surface area (Å²) < 4.78 is 7.29. The fraction of sp³-hybridized carbons (Fsp3) is 0.100. The predicted molar refractivity (Wildman–Crippen MR) is 154 cm³/mol. The van der Waals surface area contributed by atoms with Crippen molar-refractivity contribution in [2.45, 2.75) is 13.0 Å². The van der Waals surface area contributed by atoms with Gasteiger partial charge in [0.25, 0.3) is 0 Å². The fourth-order valence-electron chi connectivity index (χ4n) is 5.07. The fourth-order valence-corrected chi connectivity index (χ4v) is 5.90. The number of fused-ring (bicyclic) bond motifs is 4. The van der Waals surface area contributed by atoms with E-state index in [0.717, 1.165) is 51.4 Å². The summed E-state index contributed by atoms with van der Waals surface area (Å²) in [5.74, 6) is 3.05. The molecule has 38 heavy (non-hydrogen) atoms. The molecular formula is C30H24N6OS. The molecule has 1 atom stereocenters. The van der Waals surface area contributed by atoms with Crippen molar-refractivity contribution in [1.82, 2.24) is 9.78 Å². The van der Waals surface area contributed by atoms with Crippen LogP contribution >= 0.6 is 11.3 Å². The minimum absolute atomic E-state index is 0.0979. The van der Waals surface area contributed by atoms with E-state index in [2.05, 4.69) is 58.9 Å². The molecule has 7 rings (SSSR count). The first kappa shape index (κ1) is 22.5. The Morgan fingerprint density at radius 2 is 1.66 bits per heavy atom. The summed E-state index contributed by atoms with van der Waals surface area (Å²) in [5, 5.41) is 10.6. The number of hydrogen-bond donors (Lipinski definition) is 1. The van der Waals surface area contributed by atoms with E-state index in [1.165, 1.54) is 4.88 Å². The number of benzene rings is 3. The molecule has 186 valence electrons. The van der Waals surface area contributed by atoms with E-state index in [9.17, 15) is 0 Å². The van der Waals surface area contributed by atoms with Gasteiger partial charge in [-0.2, -0.15) is 5.10 Å². The molecule has 4 heterocycles. The number of nitrogens with one attached hydrogen (secondary N) is 1. The number of para-hydroxylation sites is 3. The Kier molecular flexibility index (Phi) is 5.33. The van der Waals surface area contributed by atoms with Gasteiger partial charge >= 0.3 is 0 Å². The van der Waals surface area contributed by atoms with Gasteiger partial charge in [0.15, 0.2) is 17.5 Å². The normalized spacial score (nSPS) is 15.6. The third-order valence-electron chi connectivity index (χ3n) is 6.80. The highest BCUT2D eigenvalue weighted by Gasteiger charge is 2.41. The molecule has 0 spiro atoms. The summed E-state index contributed by atoms with van der Waals surface area (Å²) >= 11 is 1.74. The first-order valence-corrected chi connectivity index (χ1v) is 13.2. The average molecular weight is 517 g/mol. The summed E-state index contributed by atoms with van der Waals surface area (Å²) in [6.45, 7) is 2.07. The molecule has 0 aliphatic carbocycles. The zero-order valence-electron chi connectivity index (χ0n) is 20.9. The molecule has 2 aliphatic rings. The number of ether oxygens (including phenoxy) is 1. The molecule has 0 bridgehead atoms. The van der Waals surface area contributed by atoms with E-state index < -0.39 is 0 Å². The Labute approximate surface area is 224 Å². The second-order valence-electron chi connectivity index (χ2n) is 9.10. The van der Waals surface area contributed by atoms with E-state index >= 15 is 0 Å². The number of hydrogen-bond acceptors (Lipinski definition) is 7. The number of aromatic nitrogens is 2. The van der Waals surface area contributed by atoms with Crippen LogP contribution < -0.4 is 15.0 Å². The zero-order chi connectivity index (χ0) is 25.6. The summed E-state index contributed by atoms with van der Waals surface area (Å²) in [4.78, 5) is 13.8. The Morgan fingerprint density at radius 3 is 2.42 bits per heavy atom. The average Bonchev–Trinajstić information content (AvgIpc) is 3.61. The van der Waals surface area contributed by atoms with E-state index in [0.29, 0.717) is 5.84 Å². The second-order valence-corrected chi connectivity index (χ2v) is 10.1. The van der Waals surface area contributed by atoms with E-state index in [1.807, 2.05) is 59.3 Å². The third kappa shape index (κ3) is 3.61. The largest absolute Gasteiger partial charge is 0.497 e. The van der Waals surface area contributed by atoms with Crippen molar-refractivity contribution >= 4 is 45.9 Å². The summed E-state index contributed by atoms with van der Waals surface area (Å²) in [7, 11) is 1.67. The summed E-state index contributed by atoms with van der Waals surface area (Å²) in [6.07, 6.45) is 0. The van der Waals surface area contributed by atoms with Gasteiger partial charge in [-0.25, -0.2) is 14.7 Å². The molecule has 1 N–H and O–H groups in total. The lowest BCUT2D eigenvalue weighted by atomic mass is 9.98. The first-order valence-electron chi connectivity index (χ1n) is 12.4. The van der Waals surface area contributed by atoms with Crippen LogP contribution in [-0.2, 0) is 0 Å². The highest BCUT2D eigenvalue weighted by atomic mass is 32.1. The van der Waals surface area contributed by atoms with Crippen molar-refractivity contribution in [2.24, 2.45) is 9.98 Å². The molecule has 0 fully saturated rings. The van der Waals surface area contributed by atoms with Crippen LogP contribution in [-0.4, -0.2) is 28.6 Å². The molecule has 1 unspecified atom stereocenters. The van der Waals surface area contributed by atoms with Crippen LogP contribution in [0.1, 0.15) is 22.2 Å². The van der Waals surface area contributed by atoms with E-state index in [1.54, 1.807) is 18.4 Å². The summed E-state index contributed by atoms with van der Waals surface area (Å²) in [5.41, 5.74) is 5.83. The first-order chi connectivity index (χ1) is 18.7. The molecule has 7 nitrogen and oxygen atoms in total. The third-order valence-corrected chi connectivity index (χ3v) is 7.73. The van der Waals surface area contributed by atoms with Crippen LogP contribution in [0.4, 0.5) is 22.9 Å². The van der Waals surface area contributed by atoms with Crippen LogP contribution in [0.3, 0.4) is 0 Å². The Bertz CT molecular complexity index is 1690. The van der Waals surface area contributed by atoms with Crippen LogP contribution in [0.25, 0.3) is 5.69 Å². The molecular weight excluding hydrogens is 492 g/mol. The topological polar surface area (TPSA) is 67.0 Å². The standard InChI is InChI=1S/C30H24N6OS/c1-19-26-27(25-13-8-18-38-25)35-24-12-7-6-11-23(24)32-28(31-20-14-16-22(37-2)17-15-20)30(35)33-29(26)36(34-19)21-9-4-3-5-10-21/h3-18,27H,1-2H3,(H,31,32). The zero-order valence-corrected chi connectivity index (χ0v) is 21.7. The molecule has 3 aromatic carbocycles. The number of aryl methyl sites for hydroxylation is 1. The van der Waals surface area contributed by atoms with Gasteiger partial charge in [-0.3, -0.25) is 0 Å². The maximum atomic E-state index is 5.34. The minimum Gasteiger partial charge on any atom is -0.497 e. The van der Waals surface area contributed by atoms with Gasteiger partial charge < -0.3 is 15.0 Å². The number of nitrogens with zero attached hydrogens (tertiary/aromatic N) is 5. The van der Waals surface area contributed by atoms with Crippen molar-refractivity contribution in [2.75, 3.05) is 17.3 Å². The van der Waals surface area contributed by atoms with Gasteiger partial charge in [0.1, 0.15) is 11.8 Å². The van der Waals surface area contributed by atoms with E-state index in [-0.39, 0.29) is 6.04 Å². The van der Waals surface area contributed by atoms with Crippen molar-refractivity contribution in [1.29, 1.82) is 0 Å². The van der Waals surface area contributed by atoms with Gasteiger partial charge in [0.05, 0.1) is 29.9 Å². The molecule has 5 aromatic rings. The number of aliphatic imine (C=N–C) groups is 2. The molecule has 8 heteroatoms. The highest BCUT2D eigenvalue weighted by Crippen LogP contribution is 2.49. The molecule has 0 saturated carbocycles. The SMILES string of the molecule is COc1ccc(NC2=Nc3ccccc3N3C2=Nc2c(c(C)nn2-c2ccccc2)C3c2cccs2)cc1. The van der Waals surface area contributed by atoms with Crippen molar-refractivity contribution < 1.29 is 4.74 Å².